The summed E-state index contributed by atoms with van der Waals surface area (Å²) in [7, 11) is 1.50. The molecule has 0 fully saturated rings. The van der Waals surface area contributed by atoms with Crippen molar-refractivity contribution < 1.29 is 9.84 Å². The number of ether oxygens (including phenoxy) is 1. The molecule has 4 N–H and O–H groups in total. The number of nitrogens with two attached hydrogens (primary N) is 1. The lowest BCUT2D eigenvalue weighted by Gasteiger charge is -2.08. The van der Waals surface area contributed by atoms with Gasteiger partial charge in [0.05, 0.1) is 7.11 Å². The Balaban J connectivity index is 2.48. The summed E-state index contributed by atoms with van der Waals surface area (Å²) in [6.07, 6.45) is 0.770. The van der Waals surface area contributed by atoms with Crippen molar-refractivity contribution in [2.45, 2.75) is 13.3 Å². The molecule has 6 heteroatoms. The molecule has 2 rings (SSSR count). The van der Waals surface area contributed by atoms with E-state index in [4.69, 9.17) is 10.6 Å². The van der Waals surface area contributed by atoms with Crippen molar-refractivity contribution in [3.63, 3.8) is 0 Å². The van der Waals surface area contributed by atoms with E-state index in [9.17, 15) is 5.11 Å². The minimum absolute atomic E-state index is 0.0489. The van der Waals surface area contributed by atoms with Crippen molar-refractivity contribution in [3.05, 3.63) is 30.0 Å². The van der Waals surface area contributed by atoms with E-state index in [1.165, 1.54) is 7.11 Å². The van der Waals surface area contributed by atoms with Crippen LogP contribution in [0.4, 0.5) is 5.82 Å². The molecule has 0 spiro atoms. The number of hydrogen-bond donors (Lipinski definition) is 3. The Bertz CT molecular complexity index is 565. The molecule has 1 aromatic carbocycles. The highest BCUT2D eigenvalue weighted by Crippen LogP contribution is 2.30. The van der Waals surface area contributed by atoms with Gasteiger partial charge in [0.15, 0.2) is 17.3 Å². The van der Waals surface area contributed by atoms with Gasteiger partial charge in [0, 0.05) is 17.3 Å². The van der Waals surface area contributed by atoms with Crippen LogP contribution < -0.4 is 16.0 Å². The number of methoxy groups -OCH3 is 1. The van der Waals surface area contributed by atoms with Gasteiger partial charge in [-0.2, -0.15) is 0 Å². The summed E-state index contributed by atoms with van der Waals surface area (Å²) in [6, 6.07) is 6.80. The average molecular weight is 260 g/mol. The quantitative estimate of drug-likeness (QED) is 0.572. The molecular formula is C13H16N4O2. The molecule has 6 nitrogen and oxygen atoms in total. The van der Waals surface area contributed by atoms with Gasteiger partial charge >= 0.3 is 0 Å². The van der Waals surface area contributed by atoms with Crippen molar-refractivity contribution in [3.8, 4) is 22.9 Å². The number of nitrogens with zero attached hydrogens (tertiary/aromatic N) is 2. The normalized spacial score (nSPS) is 10.3. The summed E-state index contributed by atoms with van der Waals surface area (Å²) in [4.78, 5) is 8.68. The molecule has 1 heterocycles. The largest absolute Gasteiger partial charge is 0.504 e. The summed E-state index contributed by atoms with van der Waals surface area (Å²) in [6.45, 7) is 2.00. The fourth-order valence-electron chi connectivity index (χ4n) is 1.71. The van der Waals surface area contributed by atoms with Crippen LogP contribution in [0.15, 0.2) is 24.3 Å². The van der Waals surface area contributed by atoms with Crippen LogP contribution in [0.25, 0.3) is 11.4 Å². The Kier molecular flexibility index (Phi) is 3.82. The molecule has 0 aliphatic carbocycles. The van der Waals surface area contributed by atoms with E-state index < -0.39 is 0 Å². The predicted octanol–water partition coefficient (Wildman–Crippen LogP) is 1.71. The van der Waals surface area contributed by atoms with Crippen LogP contribution in [0.2, 0.25) is 0 Å². The maximum Gasteiger partial charge on any atom is 0.161 e. The van der Waals surface area contributed by atoms with Crippen molar-refractivity contribution in [1.29, 1.82) is 0 Å². The molecule has 0 saturated carbocycles. The highest BCUT2D eigenvalue weighted by Gasteiger charge is 2.09. The lowest BCUT2D eigenvalue weighted by molar-refractivity contribution is 0.373. The molecule has 0 aliphatic heterocycles. The summed E-state index contributed by atoms with van der Waals surface area (Å²) in [5.41, 5.74) is 4.08. The number of aromatic nitrogens is 2. The molecule has 0 radical (unpaired) electrons. The van der Waals surface area contributed by atoms with E-state index in [0.717, 1.165) is 12.1 Å². The molecule has 100 valence electrons. The van der Waals surface area contributed by atoms with Crippen LogP contribution in [0.5, 0.6) is 11.5 Å². The van der Waals surface area contributed by atoms with E-state index >= 15 is 0 Å². The maximum absolute atomic E-state index is 9.78. The van der Waals surface area contributed by atoms with Gasteiger partial charge in [0.1, 0.15) is 5.82 Å². The number of nitrogens with one attached hydrogen (secondary N) is 1. The molecule has 0 aliphatic rings. The first-order valence-corrected chi connectivity index (χ1v) is 5.90. The number of phenols is 1. The number of aromatic hydroxyl groups is 1. The van der Waals surface area contributed by atoms with E-state index in [-0.39, 0.29) is 5.75 Å². The summed E-state index contributed by atoms with van der Waals surface area (Å²) < 4.78 is 5.00. The molecule has 0 saturated heterocycles. The van der Waals surface area contributed by atoms with E-state index in [1.54, 1.807) is 24.3 Å². The third-order valence-electron chi connectivity index (χ3n) is 2.73. The SMILES string of the molecule is CCc1cc(NN)nc(-c2ccc(OC)c(O)c2)n1. The Labute approximate surface area is 111 Å². The van der Waals surface area contributed by atoms with Gasteiger partial charge in [0.25, 0.3) is 0 Å². The van der Waals surface area contributed by atoms with Crippen LogP contribution in [-0.2, 0) is 6.42 Å². The van der Waals surface area contributed by atoms with Crippen molar-refractivity contribution in [2.24, 2.45) is 5.84 Å². The first-order chi connectivity index (χ1) is 9.17. The monoisotopic (exact) mass is 260 g/mol. The van der Waals surface area contributed by atoms with Gasteiger partial charge in [-0.1, -0.05) is 6.92 Å². The lowest BCUT2D eigenvalue weighted by atomic mass is 10.2. The minimum Gasteiger partial charge on any atom is -0.504 e. The molecule has 2 aromatic rings. The van der Waals surface area contributed by atoms with Gasteiger partial charge in [-0.25, -0.2) is 15.8 Å². The number of hydrogen-bond acceptors (Lipinski definition) is 6. The van der Waals surface area contributed by atoms with Crippen LogP contribution in [0.3, 0.4) is 0 Å². The first kappa shape index (κ1) is 13.1. The number of benzene rings is 1. The third kappa shape index (κ3) is 2.74. The highest BCUT2D eigenvalue weighted by molar-refractivity contribution is 5.62. The molecule has 0 atom stereocenters. The number of aryl methyl sites for hydroxylation is 1. The fraction of sp³-hybridized carbons (Fsp3) is 0.231. The maximum atomic E-state index is 9.78. The first-order valence-electron chi connectivity index (χ1n) is 5.90. The number of rotatable bonds is 4. The fourth-order valence-corrected chi connectivity index (χ4v) is 1.71. The number of hydrazine groups is 1. The Hall–Kier alpha value is -2.34. The van der Waals surface area contributed by atoms with Crippen LogP contribution in [-0.4, -0.2) is 22.2 Å². The van der Waals surface area contributed by atoms with Crippen molar-refractivity contribution >= 4 is 5.82 Å². The second kappa shape index (κ2) is 5.53. The summed E-state index contributed by atoms with van der Waals surface area (Å²) in [5.74, 6) is 6.89. The number of phenolic OH excluding ortho intramolecular Hbond substituents is 1. The van der Waals surface area contributed by atoms with Crippen molar-refractivity contribution in [2.75, 3.05) is 12.5 Å². The van der Waals surface area contributed by atoms with E-state index in [0.29, 0.717) is 23.0 Å². The highest BCUT2D eigenvalue weighted by atomic mass is 16.5. The Morgan fingerprint density at radius 2 is 2.11 bits per heavy atom. The summed E-state index contributed by atoms with van der Waals surface area (Å²) in [5, 5.41) is 9.78. The lowest BCUT2D eigenvalue weighted by Crippen LogP contribution is -2.10. The molecular weight excluding hydrogens is 244 g/mol. The zero-order valence-corrected chi connectivity index (χ0v) is 10.8. The van der Waals surface area contributed by atoms with E-state index in [2.05, 4.69) is 15.4 Å². The van der Waals surface area contributed by atoms with Gasteiger partial charge in [0.2, 0.25) is 0 Å². The molecule has 1 aromatic heterocycles. The smallest absolute Gasteiger partial charge is 0.161 e. The van der Waals surface area contributed by atoms with Gasteiger partial charge in [-0.15, -0.1) is 0 Å². The zero-order chi connectivity index (χ0) is 13.8. The number of anilines is 1. The van der Waals surface area contributed by atoms with Gasteiger partial charge < -0.3 is 15.3 Å². The standard InChI is InChI=1S/C13H16N4O2/c1-3-9-7-12(17-14)16-13(15-9)8-4-5-11(19-2)10(18)6-8/h4-7,18H,3,14H2,1-2H3,(H,15,16,17). The topological polar surface area (TPSA) is 93.3 Å². The number of nitrogen functional groups attached to an aromatic ring is 1. The van der Waals surface area contributed by atoms with Gasteiger partial charge in [-0.05, 0) is 24.6 Å². The van der Waals surface area contributed by atoms with Crippen LogP contribution in [0.1, 0.15) is 12.6 Å². The minimum atomic E-state index is 0.0489. The second-order valence-corrected chi connectivity index (χ2v) is 3.95. The van der Waals surface area contributed by atoms with Crippen molar-refractivity contribution in [1.82, 2.24) is 9.97 Å². The van der Waals surface area contributed by atoms with Gasteiger partial charge in [-0.3, -0.25) is 0 Å². The third-order valence-corrected chi connectivity index (χ3v) is 2.73. The second-order valence-electron chi connectivity index (χ2n) is 3.95. The van der Waals surface area contributed by atoms with E-state index in [1.807, 2.05) is 6.92 Å². The molecule has 0 unspecified atom stereocenters. The predicted molar refractivity (Wildman–Crippen MR) is 72.9 cm³/mol. The zero-order valence-electron chi connectivity index (χ0n) is 10.8. The molecule has 0 amide bonds. The van der Waals surface area contributed by atoms with Crippen LogP contribution in [0, 0.1) is 0 Å². The molecule has 19 heavy (non-hydrogen) atoms. The molecule has 0 bridgehead atoms. The average Bonchev–Trinajstić information content (AvgIpc) is 2.46. The van der Waals surface area contributed by atoms with Crippen LogP contribution >= 0.6 is 0 Å². The summed E-state index contributed by atoms with van der Waals surface area (Å²) >= 11 is 0. The Morgan fingerprint density at radius 1 is 1.32 bits per heavy atom. The Morgan fingerprint density at radius 3 is 2.68 bits per heavy atom.